The molecule has 0 unspecified atom stereocenters. The molecule has 0 aliphatic carbocycles. The fraction of sp³-hybridized carbons (Fsp3) is 0.500. The number of benzene rings is 1. The minimum absolute atomic E-state index is 0.0936. The van der Waals surface area contributed by atoms with Crippen molar-refractivity contribution in [1.29, 1.82) is 0 Å². The number of anilines is 1. The first-order valence-electron chi connectivity index (χ1n) is 8.33. The monoisotopic (exact) mass is 371 g/mol. The Balaban J connectivity index is 2.31. The number of nitrogens with one attached hydrogen (secondary N) is 1. The van der Waals surface area contributed by atoms with Crippen LogP contribution >= 0.6 is 0 Å². The molecule has 1 aromatic carbocycles. The van der Waals surface area contributed by atoms with Crippen LogP contribution in [0.2, 0.25) is 0 Å². The summed E-state index contributed by atoms with van der Waals surface area (Å²) in [5, 5.41) is 0.557. The second kappa shape index (κ2) is 6.83. The number of fused-ring (bicyclic) bond motifs is 1. The third-order valence-electron chi connectivity index (χ3n) is 4.43. The van der Waals surface area contributed by atoms with Gasteiger partial charge in [-0.05, 0) is 26.0 Å². The highest BCUT2D eigenvalue weighted by Crippen LogP contribution is 2.40. The number of hydrogen-bond donors (Lipinski definition) is 0. The number of rotatable bonds is 3. The first kappa shape index (κ1) is 18.6. The third kappa shape index (κ3) is 3.38. The number of morpholine rings is 1. The predicted molar refractivity (Wildman–Crippen MR) is 90.8 cm³/mol. The highest BCUT2D eigenvalue weighted by Gasteiger charge is 2.41. The lowest BCUT2D eigenvalue weighted by Gasteiger charge is -2.37. The molecule has 0 saturated carbocycles. The van der Waals surface area contributed by atoms with Crippen molar-refractivity contribution in [3.8, 4) is 11.5 Å². The minimum atomic E-state index is -4.51. The molecule has 1 aliphatic heterocycles. The van der Waals surface area contributed by atoms with Crippen LogP contribution in [0.4, 0.5) is 18.9 Å². The fourth-order valence-electron chi connectivity index (χ4n) is 3.44. The topological polar surface area (TPSA) is 45.1 Å². The van der Waals surface area contributed by atoms with E-state index in [-0.39, 0.29) is 17.7 Å². The van der Waals surface area contributed by atoms with E-state index < -0.39 is 11.9 Å². The van der Waals surface area contributed by atoms with E-state index in [0.29, 0.717) is 35.7 Å². The lowest BCUT2D eigenvalue weighted by Crippen LogP contribution is -2.46. The molecule has 26 heavy (non-hydrogen) atoms. The molecule has 8 heteroatoms. The highest BCUT2D eigenvalue weighted by atomic mass is 19.4. The zero-order chi connectivity index (χ0) is 19.1. The molecule has 0 spiro atoms. The van der Waals surface area contributed by atoms with Crippen molar-refractivity contribution < 1.29 is 32.4 Å². The molecular formula is C18H22F3N2O3+. The van der Waals surface area contributed by atoms with E-state index >= 15 is 0 Å². The number of hydrogen-bond acceptors (Lipinski definition) is 4. The summed E-state index contributed by atoms with van der Waals surface area (Å²) in [5.74, 6) is 0.801. The molecule has 1 saturated heterocycles. The summed E-state index contributed by atoms with van der Waals surface area (Å²) in [6.07, 6.45) is -4.70. The van der Waals surface area contributed by atoms with Gasteiger partial charge in [0.1, 0.15) is 11.1 Å². The summed E-state index contributed by atoms with van der Waals surface area (Å²) in [5.41, 5.74) is -0.134. The van der Waals surface area contributed by atoms with Crippen LogP contribution in [0.1, 0.15) is 19.5 Å². The molecule has 1 aliphatic rings. The molecule has 1 N–H and O–H groups in total. The van der Waals surface area contributed by atoms with E-state index in [4.69, 9.17) is 14.2 Å². The van der Waals surface area contributed by atoms with Gasteiger partial charge in [0.15, 0.2) is 5.75 Å². The average molecular weight is 371 g/mol. The molecule has 2 heterocycles. The van der Waals surface area contributed by atoms with Crippen molar-refractivity contribution in [1.82, 2.24) is 0 Å². The second-order valence-electron chi connectivity index (χ2n) is 6.45. The van der Waals surface area contributed by atoms with Crippen molar-refractivity contribution >= 4 is 16.6 Å². The zero-order valence-corrected chi connectivity index (χ0v) is 15.1. The van der Waals surface area contributed by atoms with Gasteiger partial charge in [0.25, 0.3) is 11.2 Å². The maximum Gasteiger partial charge on any atom is 0.477 e. The van der Waals surface area contributed by atoms with E-state index in [1.54, 1.807) is 12.1 Å². The van der Waals surface area contributed by atoms with Gasteiger partial charge < -0.3 is 19.1 Å². The molecule has 1 fully saturated rings. The van der Waals surface area contributed by atoms with Crippen LogP contribution in [0, 0.1) is 0 Å². The molecule has 0 radical (unpaired) electrons. The molecule has 5 nitrogen and oxygen atoms in total. The van der Waals surface area contributed by atoms with Crippen LogP contribution in [0.5, 0.6) is 11.5 Å². The van der Waals surface area contributed by atoms with Gasteiger partial charge in [0.2, 0.25) is 0 Å². The predicted octanol–water partition coefficient (Wildman–Crippen LogP) is 3.30. The average Bonchev–Trinajstić information content (AvgIpc) is 2.58. The highest BCUT2D eigenvalue weighted by molar-refractivity contribution is 5.98. The van der Waals surface area contributed by atoms with Crippen molar-refractivity contribution in [3.63, 3.8) is 0 Å². The summed E-state index contributed by atoms with van der Waals surface area (Å²) in [6, 6.07) is 4.42. The maximum absolute atomic E-state index is 13.5. The van der Waals surface area contributed by atoms with E-state index in [0.717, 1.165) is 6.07 Å². The Hall–Kier alpha value is -2.22. The summed E-state index contributed by atoms with van der Waals surface area (Å²) in [6.45, 7) is 4.78. The summed E-state index contributed by atoms with van der Waals surface area (Å²) < 4.78 is 56.9. The van der Waals surface area contributed by atoms with Crippen molar-refractivity contribution in [2.75, 3.05) is 32.2 Å². The summed E-state index contributed by atoms with van der Waals surface area (Å²) in [4.78, 5) is 4.38. The molecule has 142 valence electrons. The smallest absolute Gasteiger partial charge is 0.477 e. The van der Waals surface area contributed by atoms with Crippen LogP contribution in [-0.4, -0.2) is 39.5 Å². The van der Waals surface area contributed by atoms with Crippen molar-refractivity contribution in [2.24, 2.45) is 0 Å². The van der Waals surface area contributed by atoms with Gasteiger partial charge in [0, 0.05) is 19.2 Å². The molecule has 0 amide bonds. The van der Waals surface area contributed by atoms with E-state index in [1.165, 1.54) is 14.2 Å². The second-order valence-corrected chi connectivity index (χ2v) is 6.45. The van der Waals surface area contributed by atoms with Crippen LogP contribution in [0.3, 0.4) is 0 Å². The van der Waals surface area contributed by atoms with Gasteiger partial charge in [-0.3, -0.25) is 0 Å². The maximum atomic E-state index is 13.5. The number of pyridine rings is 1. The lowest BCUT2D eigenvalue weighted by molar-refractivity contribution is -0.399. The van der Waals surface area contributed by atoms with Crippen LogP contribution in [0.25, 0.3) is 10.9 Å². The molecule has 2 aromatic rings. The molecular weight excluding hydrogens is 349 g/mol. The summed E-state index contributed by atoms with van der Waals surface area (Å²) in [7, 11) is 2.92. The van der Waals surface area contributed by atoms with Gasteiger partial charge in [-0.25, -0.2) is 0 Å². The normalized spacial score (nSPS) is 21.1. The van der Waals surface area contributed by atoms with Crippen LogP contribution in [-0.2, 0) is 10.9 Å². The lowest BCUT2D eigenvalue weighted by atomic mass is 10.1. The van der Waals surface area contributed by atoms with Gasteiger partial charge >= 0.3 is 6.18 Å². The van der Waals surface area contributed by atoms with E-state index in [1.807, 2.05) is 18.7 Å². The number of alkyl halides is 3. The van der Waals surface area contributed by atoms with Crippen LogP contribution in [0.15, 0.2) is 18.2 Å². The largest absolute Gasteiger partial charge is 0.496 e. The first-order valence-corrected chi connectivity index (χ1v) is 8.33. The zero-order valence-electron chi connectivity index (χ0n) is 15.1. The van der Waals surface area contributed by atoms with Crippen molar-refractivity contribution in [2.45, 2.75) is 32.2 Å². The van der Waals surface area contributed by atoms with Gasteiger partial charge in [-0.1, -0.05) is 0 Å². The Bertz CT molecular complexity index is 800. The first-order chi connectivity index (χ1) is 12.2. The molecule has 1 aromatic heterocycles. The number of ether oxygens (including phenoxy) is 3. The van der Waals surface area contributed by atoms with Crippen molar-refractivity contribution in [3.05, 3.63) is 23.9 Å². The SMILES string of the molecule is COc1ccc(OC)c2c(N3C[C@H](C)O[C@@H](C)C3)cc(C(F)(F)F)[nH+]c12. The van der Waals surface area contributed by atoms with Gasteiger partial charge in [-0.15, -0.1) is 0 Å². The quantitative estimate of drug-likeness (QED) is 0.831. The summed E-state index contributed by atoms with van der Waals surface area (Å²) >= 11 is 0. The van der Waals surface area contributed by atoms with E-state index in [2.05, 4.69) is 4.98 Å². The third-order valence-corrected chi connectivity index (χ3v) is 4.43. The number of methoxy groups -OCH3 is 2. The van der Waals surface area contributed by atoms with Gasteiger partial charge in [0.05, 0.1) is 32.1 Å². The Labute approximate surface area is 149 Å². The Morgan fingerprint density at radius 2 is 1.65 bits per heavy atom. The molecule has 2 atom stereocenters. The number of halogens is 3. The number of aromatic amines is 1. The van der Waals surface area contributed by atoms with Crippen LogP contribution < -0.4 is 19.4 Å². The number of nitrogens with zero attached hydrogens (tertiary/aromatic N) is 1. The molecule has 3 rings (SSSR count). The number of H-pyrrole nitrogens is 1. The van der Waals surface area contributed by atoms with Gasteiger partial charge in [-0.2, -0.15) is 18.2 Å². The Morgan fingerprint density at radius 3 is 2.19 bits per heavy atom. The Kier molecular flexibility index (Phi) is 4.88. The fourth-order valence-corrected chi connectivity index (χ4v) is 3.44. The molecule has 0 bridgehead atoms. The van der Waals surface area contributed by atoms with E-state index in [9.17, 15) is 13.2 Å². The number of aromatic nitrogens is 1. The minimum Gasteiger partial charge on any atom is -0.496 e. The standard InChI is InChI=1S/C18H21F3N2O3/c1-10-8-23(9-11(2)26-10)12-7-15(18(19,20)21)22-17-14(25-4)6-5-13(24-3)16(12)17/h5-7,10-11H,8-9H2,1-4H3/p+1/t10-,11-/m0/s1. The Morgan fingerprint density at radius 1 is 1.08 bits per heavy atom.